The molecule has 2 aromatic carbocycles. The first-order valence-electron chi connectivity index (χ1n) is 6.02. The van der Waals surface area contributed by atoms with Crippen LogP contribution in [0.25, 0.3) is 11.1 Å². The van der Waals surface area contributed by atoms with Crippen molar-refractivity contribution in [3.8, 4) is 11.1 Å². The second-order valence-corrected chi connectivity index (χ2v) is 4.32. The third kappa shape index (κ3) is 2.74. The van der Waals surface area contributed by atoms with Crippen LogP contribution in [0.3, 0.4) is 0 Å². The summed E-state index contributed by atoms with van der Waals surface area (Å²) in [5, 5.41) is 0. The number of Topliss-reactive ketones (excluding diaryl/α,β-unsaturated/α-hetero) is 1. The smallest absolute Gasteiger partial charge is 0.337 e. The van der Waals surface area contributed by atoms with Crippen LogP contribution in [0.4, 0.5) is 4.39 Å². The van der Waals surface area contributed by atoms with Gasteiger partial charge >= 0.3 is 5.97 Å². The van der Waals surface area contributed by atoms with Crippen LogP contribution >= 0.6 is 0 Å². The lowest BCUT2D eigenvalue weighted by Crippen LogP contribution is -2.02. The van der Waals surface area contributed by atoms with Gasteiger partial charge in [-0.15, -0.1) is 0 Å². The topological polar surface area (TPSA) is 43.4 Å². The Kier molecular flexibility index (Phi) is 3.94. The maximum absolute atomic E-state index is 14.0. The van der Waals surface area contributed by atoms with Gasteiger partial charge < -0.3 is 4.74 Å². The van der Waals surface area contributed by atoms with Crippen LogP contribution < -0.4 is 0 Å². The fourth-order valence-electron chi connectivity index (χ4n) is 1.88. The highest BCUT2D eigenvalue weighted by molar-refractivity contribution is 5.94. The SMILES string of the molecule is COC(=O)c1ccc(-c2ccc(C(C)=O)cc2)c(F)c1. The van der Waals surface area contributed by atoms with Crippen LogP contribution in [-0.4, -0.2) is 18.9 Å². The highest BCUT2D eigenvalue weighted by atomic mass is 19.1. The van der Waals surface area contributed by atoms with E-state index in [1.54, 1.807) is 24.3 Å². The molecule has 2 aromatic rings. The summed E-state index contributed by atoms with van der Waals surface area (Å²) in [6.07, 6.45) is 0. The molecule has 2 rings (SSSR count). The third-order valence-corrected chi connectivity index (χ3v) is 2.99. The predicted molar refractivity (Wildman–Crippen MR) is 73.2 cm³/mol. The summed E-state index contributed by atoms with van der Waals surface area (Å²) < 4.78 is 18.6. The molecule has 0 aromatic heterocycles. The molecular formula is C16H13FO3. The minimum atomic E-state index is -0.581. The standard InChI is InChI=1S/C16H13FO3/c1-10(18)11-3-5-12(6-4-11)14-8-7-13(9-15(14)17)16(19)20-2/h3-9H,1-2H3. The van der Waals surface area contributed by atoms with Gasteiger partial charge in [-0.25, -0.2) is 9.18 Å². The molecule has 0 aliphatic carbocycles. The quantitative estimate of drug-likeness (QED) is 0.634. The van der Waals surface area contributed by atoms with Crippen LogP contribution in [0, 0.1) is 5.82 Å². The molecule has 102 valence electrons. The van der Waals surface area contributed by atoms with Gasteiger partial charge in [0.15, 0.2) is 5.78 Å². The number of ketones is 1. The van der Waals surface area contributed by atoms with Crippen LogP contribution in [-0.2, 0) is 4.74 Å². The van der Waals surface area contributed by atoms with Crippen LogP contribution in [0.1, 0.15) is 27.6 Å². The Balaban J connectivity index is 2.38. The van der Waals surface area contributed by atoms with Crippen LogP contribution in [0.5, 0.6) is 0 Å². The first-order valence-corrected chi connectivity index (χ1v) is 6.02. The predicted octanol–water partition coefficient (Wildman–Crippen LogP) is 3.48. The van der Waals surface area contributed by atoms with Crippen LogP contribution in [0.2, 0.25) is 0 Å². The van der Waals surface area contributed by atoms with Gasteiger partial charge in [-0.1, -0.05) is 30.3 Å². The zero-order valence-electron chi connectivity index (χ0n) is 11.1. The van der Waals surface area contributed by atoms with Crippen molar-refractivity contribution in [2.45, 2.75) is 6.92 Å². The summed E-state index contributed by atoms with van der Waals surface area (Å²) in [6, 6.07) is 10.8. The van der Waals surface area contributed by atoms with Crippen molar-refractivity contribution in [2.75, 3.05) is 7.11 Å². The van der Waals surface area contributed by atoms with Crippen molar-refractivity contribution >= 4 is 11.8 Å². The molecule has 0 aliphatic rings. The number of ether oxygens (including phenoxy) is 1. The molecule has 20 heavy (non-hydrogen) atoms. The van der Waals surface area contributed by atoms with Gasteiger partial charge in [-0.2, -0.15) is 0 Å². The summed E-state index contributed by atoms with van der Waals surface area (Å²) in [6.45, 7) is 1.47. The highest BCUT2D eigenvalue weighted by Crippen LogP contribution is 2.24. The molecule has 0 fully saturated rings. The molecule has 0 unspecified atom stereocenters. The number of hydrogen-bond donors (Lipinski definition) is 0. The summed E-state index contributed by atoms with van der Waals surface area (Å²) in [5.74, 6) is -1.14. The first kappa shape index (κ1) is 13.9. The van der Waals surface area contributed by atoms with Gasteiger partial charge in [-0.05, 0) is 24.6 Å². The Morgan fingerprint density at radius 1 is 1.00 bits per heavy atom. The van der Waals surface area contributed by atoms with E-state index in [1.807, 2.05) is 0 Å². The van der Waals surface area contributed by atoms with Crippen molar-refractivity contribution in [2.24, 2.45) is 0 Å². The normalized spacial score (nSPS) is 10.2. The number of hydrogen-bond acceptors (Lipinski definition) is 3. The average molecular weight is 272 g/mol. The monoisotopic (exact) mass is 272 g/mol. The Morgan fingerprint density at radius 2 is 1.60 bits per heavy atom. The first-order chi connectivity index (χ1) is 9.52. The molecule has 0 aliphatic heterocycles. The van der Waals surface area contributed by atoms with Crippen molar-refractivity contribution in [1.82, 2.24) is 0 Å². The summed E-state index contributed by atoms with van der Waals surface area (Å²) in [7, 11) is 1.24. The lowest BCUT2D eigenvalue weighted by Gasteiger charge is -2.06. The highest BCUT2D eigenvalue weighted by Gasteiger charge is 2.11. The second-order valence-electron chi connectivity index (χ2n) is 4.32. The second kappa shape index (κ2) is 5.65. The maximum Gasteiger partial charge on any atom is 0.337 e. The van der Waals surface area contributed by atoms with Gasteiger partial charge in [0, 0.05) is 11.1 Å². The lowest BCUT2D eigenvalue weighted by molar-refractivity contribution is 0.0600. The van der Waals surface area contributed by atoms with E-state index >= 15 is 0 Å². The molecule has 0 N–H and O–H groups in total. The van der Waals surface area contributed by atoms with Gasteiger partial charge in [0.25, 0.3) is 0 Å². The van der Waals surface area contributed by atoms with Crippen molar-refractivity contribution in [1.29, 1.82) is 0 Å². The number of carbonyl (C=O) groups excluding carboxylic acids is 2. The largest absolute Gasteiger partial charge is 0.465 e. The Hall–Kier alpha value is -2.49. The number of methoxy groups -OCH3 is 1. The zero-order valence-corrected chi connectivity index (χ0v) is 11.1. The van der Waals surface area contributed by atoms with E-state index in [4.69, 9.17) is 0 Å². The van der Waals surface area contributed by atoms with Crippen molar-refractivity contribution in [3.05, 3.63) is 59.4 Å². The number of carbonyl (C=O) groups is 2. The molecule has 4 heteroatoms. The summed E-state index contributed by atoms with van der Waals surface area (Å²) in [4.78, 5) is 22.5. The average Bonchev–Trinajstić information content (AvgIpc) is 2.46. The molecule has 0 saturated carbocycles. The van der Waals surface area contributed by atoms with E-state index in [9.17, 15) is 14.0 Å². The number of benzene rings is 2. The molecule has 0 radical (unpaired) electrons. The molecular weight excluding hydrogens is 259 g/mol. The minimum absolute atomic E-state index is 0.0435. The Morgan fingerprint density at radius 3 is 2.10 bits per heavy atom. The minimum Gasteiger partial charge on any atom is -0.465 e. The molecule has 3 nitrogen and oxygen atoms in total. The van der Waals surface area contributed by atoms with Gasteiger partial charge in [0.1, 0.15) is 5.82 Å². The van der Waals surface area contributed by atoms with E-state index in [1.165, 1.54) is 26.2 Å². The summed E-state index contributed by atoms with van der Waals surface area (Å²) >= 11 is 0. The number of esters is 1. The number of halogens is 1. The van der Waals surface area contributed by atoms with Gasteiger partial charge in [0.05, 0.1) is 12.7 Å². The van der Waals surface area contributed by atoms with Crippen molar-refractivity contribution < 1.29 is 18.7 Å². The van der Waals surface area contributed by atoms with E-state index < -0.39 is 11.8 Å². The molecule has 0 atom stereocenters. The maximum atomic E-state index is 14.0. The molecule has 0 saturated heterocycles. The molecule has 0 bridgehead atoms. The summed E-state index contributed by atoms with van der Waals surface area (Å²) in [5.41, 5.74) is 1.74. The van der Waals surface area contributed by atoms with E-state index in [0.29, 0.717) is 16.7 Å². The molecule has 0 amide bonds. The van der Waals surface area contributed by atoms with E-state index in [-0.39, 0.29) is 11.3 Å². The Labute approximate surface area is 116 Å². The zero-order chi connectivity index (χ0) is 14.7. The third-order valence-electron chi connectivity index (χ3n) is 2.99. The van der Waals surface area contributed by atoms with Gasteiger partial charge in [0.2, 0.25) is 0 Å². The fraction of sp³-hybridized carbons (Fsp3) is 0.125. The molecule has 0 heterocycles. The fourth-order valence-corrected chi connectivity index (χ4v) is 1.88. The van der Waals surface area contributed by atoms with E-state index in [2.05, 4.69) is 4.74 Å². The van der Waals surface area contributed by atoms with E-state index in [0.717, 1.165) is 6.07 Å². The van der Waals surface area contributed by atoms with Gasteiger partial charge in [-0.3, -0.25) is 4.79 Å². The van der Waals surface area contributed by atoms with Crippen LogP contribution in [0.15, 0.2) is 42.5 Å². The van der Waals surface area contributed by atoms with Crippen molar-refractivity contribution in [3.63, 3.8) is 0 Å². The number of rotatable bonds is 3. The molecule has 0 spiro atoms. The lowest BCUT2D eigenvalue weighted by atomic mass is 10.0. The Bertz CT molecular complexity index is 660.